The number of rotatable bonds is 7. The zero-order valence-electron chi connectivity index (χ0n) is 15.5. The van der Waals surface area contributed by atoms with E-state index in [4.69, 9.17) is 15.2 Å². The maximum absolute atomic E-state index is 12.0. The Kier molecular flexibility index (Phi) is 6.45. The molecule has 146 valence electrons. The number of pyridine rings is 1. The summed E-state index contributed by atoms with van der Waals surface area (Å²) in [5, 5.41) is 8.17. The molecule has 0 aliphatic heterocycles. The lowest BCUT2D eigenvalue weighted by Gasteiger charge is -2.16. The van der Waals surface area contributed by atoms with Crippen LogP contribution < -0.4 is 10.5 Å². The molecular weight excluding hydrogens is 473 g/mol. The Bertz CT molecular complexity index is 976. The minimum absolute atomic E-state index is 0.0543. The highest BCUT2D eigenvalue weighted by molar-refractivity contribution is 14.1. The molecule has 2 N–H and O–H groups in total. The molecule has 1 unspecified atom stereocenters. The summed E-state index contributed by atoms with van der Waals surface area (Å²) in [6.07, 6.45) is 2.34. The monoisotopic (exact) mass is 493 g/mol. The van der Waals surface area contributed by atoms with Crippen LogP contribution in [0.3, 0.4) is 0 Å². The van der Waals surface area contributed by atoms with Gasteiger partial charge in [0.2, 0.25) is 0 Å². The van der Waals surface area contributed by atoms with E-state index in [0.29, 0.717) is 41.7 Å². The smallest absolute Gasteiger partial charge is 0.341 e. The third kappa shape index (κ3) is 4.58. The molecule has 0 saturated heterocycles. The molecule has 3 aromatic rings. The summed E-state index contributed by atoms with van der Waals surface area (Å²) in [6, 6.07) is 10.9. The Morgan fingerprint density at radius 3 is 2.89 bits per heavy atom. The number of anilines is 1. The van der Waals surface area contributed by atoms with Gasteiger partial charge in [0.15, 0.2) is 5.82 Å². The summed E-state index contributed by atoms with van der Waals surface area (Å²) >= 11 is 2.14. The standard InChI is InChI=1S/C19H20IN5O3/c1-12(25-11-22-24-18(25)15-4-3-5-17(21)23-15)8-9-28-16-7-6-13(20)10-14(16)19(26)27-2/h3-7,10-12H,8-9H2,1-2H3,(H2,21,23). The van der Waals surface area contributed by atoms with Crippen LogP contribution in [0.2, 0.25) is 0 Å². The number of nitrogens with two attached hydrogens (primary N) is 1. The van der Waals surface area contributed by atoms with Gasteiger partial charge in [0.25, 0.3) is 0 Å². The molecule has 0 bridgehead atoms. The molecule has 0 saturated carbocycles. The Hall–Kier alpha value is -2.69. The first kappa shape index (κ1) is 20.1. The van der Waals surface area contributed by atoms with Crippen LogP contribution >= 0.6 is 22.6 Å². The molecule has 0 spiro atoms. The largest absolute Gasteiger partial charge is 0.493 e. The summed E-state index contributed by atoms with van der Waals surface area (Å²) in [5.41, 5.74) is 6.85. The highest BCUT2D eigenvalue weighted by Gasteiger charge is 2.16. The fourth-order valence-electron chi connectivity index (χ4n) is 2.70. The Morgan fingerprint density at radius 2 is 2.14 bits per heavy atom. The van der Waals surface area contributed by atoms with Gasteiger partial charge in [-0.25, -0.2) is 9.78 Å². The molecule has 3 rings (SSSR count). The van der Waals surface area contributed by atoms with Gasteiger partial charge in [0.05, 0.1) is 13.7 Å². The van der Waals surface area contributed by atoms with E-state index in [1.165, 1.54) is 7.11 Å². The molecule has 0 aliphatic carbocycles. The number of carbonyl (C=O) groups is 1. The Balaban J connectivity index is 1.69. The molecule has 0 fully saturated rings. The lowest BCUT2D eigenvalue weighted by Crippen LogP contribution is -2.12. The predicted octanol–water partition coefficient (Wildman–Crippen LogP) is 3.34. The number of benzene rings is 1. The van der Waals surface area contributed by atoms with Crippen LogP contribution in [-0.4, -0.2) is 39.4 Å². The zero-order chi connectivity index (χ0) is 20.1. The topological polar surface area (TPSA) is 105 Å². The third-order valence-corrected chi connectivity index (χ3v) is 4.86. The number of methoxy groups -OCH3 is 1. The van der Waals surface area contributed by atoms with Crippen LogP contribution in [0.25, 0.3) is 11.5 Å². The SMILES string of the molecule is COC(=O)c1cc(I)ccc1OCCC(C)n1cnnc1-c1cccc(N)n1. The highest BCUT2D eigenvalue weighted by Crippen LogP contribution is 2.24. The fraction of sp³-hybridized carbons (Fsp3) is 0.263. The number of halogens is 1. The van der Waals surface area contributed by atoms with Gasteiger partial charge in [-0.05, 0) is 59.8 Å². The van der Waals surface area contributed by atoms with Crippen LogP contribution in [0, 0.1) is 3.57 Å². The number of esters is 1. The van der Waals surface area contributed by atoms with Crippen molar-refractivity contribution >= 4 is 34.4 Å². The van der Waals surface area contributed by atoms with E-state index in [1.54, 1.807) is 24.5 Å². The molecule has 2 heterocycles. The molecule has 0 amide bonds. The summed E-state index contributed by atoms with van der Waals surface area (Å²) in [5.74, 6) is 1.15. The van der Waals surface area contributed by atoms with Crippen LogP contribution in [0.15, 0.2) is 42.7 Å². The van der Waals surface area contributed by atoms with Crippen molar-refractivity contribution in [3.05, 3.63) is 51.9 Å². The highest BCUT2D eigenvalue weighted by atomic mass is 127. The van der Waals surface area contributed by atoms with Gasteiger partial charge in [-0.1, -0.05) is 6.07 Å². The molecule has 1 aromatic carbocycles. The average Bonchev–Trinajstić information content (AvgIpc) is 3.18. The van der Waals surface area contributed by atoms with E-state index < -0.39 is 5.97 Å². The van der Waals surface area contributed by atoms with Gasteiger partial charge >= 0.3 is 5.97 Å². The van der Waals surface area contributed by atoms with Crippen molar-refractivity contribution in [2.24, 2.45) is 0 Å². The number of hydrogen-bond acceptors (Lipinski definition) is 7. The van der Waals surface area contributed by atoms with Crippen LogP contribution in [0.1, 0.15) is 29.7 Å². The summed E-state index contributed by atoms with van der Waals surface area (Å²) in [4.78, 5) is 16.3. The van der Waals surface area contributed by atoms with E-state index in [1.807, 2.05) is 29.7 Å². The molecule has 9 heteroatoms. The van der Waals surface area contributed by atoms with Crippen molar-refractivity contribution < 1.29 is 14.3 Å². The number of nitrogens with zero attached hydrogens (tertiary/aromatic N) is 4. The van der Waals surface area contributed by atoms with E-state index >= 15 is 0 Å². The van der Waals surface area contributed by atoms with E-state index in [0.717, 1.165) is 3.57 Å². The summed E-state index contributed by atoms with van der Waals surface area (Å²) < 4.78 is 13.6. The maximum Gasteiger partial charge on any atom is 0.341 e. The second-order valence-electron chi connectivity index (χ2n) is 6.13. The van der Waals surface area contributed by atoms with Crippen molar-refractivity contribution in [1.29, 1.82) is 0 Å². The lowest BCUT2D eigenvalue weighted by molar-refractivity contribution is 0.0595. The van der Waals surface area contributed by atoms with Gasteiger partial charge < -0.3 is 19.8 Å². The normalized spacial score (nSPS) is 11.8. The number of nitrogen functional groups attached to an aromatic ring is 1. The minimum atomic E-state index is -0.421. The van der Waals surface area contributed by atoms with E-state index in [-0.39, 0.29) is 6.04 Å². The number of ether oxygens (including phenoxy) is 2. The Morgan fingerprint density at radius 1 is 1.32 bits per heavy atom. The van der Waals surface area contributed by atoms with Gasteiger partial charge in [-0.15, -0.1) is 10.2 Å². The van der Waals surface area contributed by atoms with Crippen molar-refractivity contribution in [1.82, 2.24) is 19.7 Å². The first-order valence-electron chi connectivity index (χ1n) is 8.62. The van der Waals surface area contributed by atoms with Crippen molar-refractivity contribution in [3.63, 3.8) is 0 Å². The van der Waals surface area contributed by atoms with Crippen LogP contribution in [0.4, 0.5) is 5.82 Å². The quantitative estimate of drug-likeness (QED) is 0.398. The van der Waals surface area contributed by atoms with E-state index in [9.17, 15) is 4.79 Å². The molecule has 0 radical (unpaired) electrons. The number of hydrogen-bond donors (Lipinski definition) is 1. The van der Waals surface area contributed by atoms with Gasteiger partial charge in [-0.3, -0.25) is 0 Å². The van der Waals surface area contributed by atoms with Gasteiger partial charge in [0, 0.05) is 16.0 Å². The number of carbonyl (C=O) groups excluding carboxylic acids is 1. The third-order valence-electron chi connectivity index (χ3n) is 4.19. The van der Waals surface area contributed by atoms with Crippen molar-refractivity contribution in [2.45, 2.75) is 19.4 Å². The van der Waals surface area contributed by atoms with Gasteiger partial charge in [0.1, 0.15) is 29.2 Å². The van der Waals surface area contributed by atoms with Crippen molar-refractivity contribution in [3.8, 4) is 17.3 Å². The average molecular weight is 493 g/mol. The molecule has 0 aliphatic rings. The second kappa shape index (κ2) is 9.00. The summed E-state index contributed by atoms with van der Waals surface area (Å²) in [7, 11) is 1.35. The maximum atomic E-state index is 12.0. The minimum Gasteiger partial charge on any atom is -0.493 e. The molecule has 28 heavy (non-hydrogen) atoms. The Labute approximate surface area is 176 Å². The van der Waals surface area contributed by atoms with Gasteiger partial charge in [-0.2, -0.15) is 0 Å². The zero-order valence-corrected chi connectivity index (χ0v) is 17.7. The first-order chi connectivity index (χ1) is 13.5. The summed E-state index contributed by atoms with van der Waals surface area (Å²) in [6.45, 7) is 2.45. The van der Waals surface area contributed by atoms with Crippen LogP contribution in [-0.2, 0) is 4.74 Å². The molecule has 2 aromatic heterocycles. The van der Waals surface area contributed by atoms with Crippen LogP contribution in [0.5, 0.6) is 5.75 Å². The fourth-order valence-corrected chi connectivity index (χ4v) is 3.19. The first-order valence-corrected chi connectivity index (χ1v) is 9.70. The van der Waals surface area contributed by atoms with Crippen molar-refractivity contribution in [2.75, 3.05) is 19.5 Å². The second-order valence-corrected chi connectivity index (χ2v) is 7.37. The van der Waals surface area contributed by atoms with E-state index in [2.05, 4.69) is 37.8 Å². The lowest BCUT2D eigenvalue weighted by atomic mass is 10.2. The molecule has 8 nitrogen and oxygen atoms in total. The predicted molar refractivity (Wildman–Crippen MR) is 113 cm³/mol. The molecular formula is C19H20IN5O3. The molecule has 1 atom stereocenters. The number of aromatic nitrogens is 4.